The van der Waals surface area contributed by atoms with E-state index in [9.17, 15) is 18.5 Å². The number of nitrogens with zero attached hydrogens (tertiary/aromatic N) is 1. The number of rotatable bonds is 6. The van der Waals surface area contributed by atoms with Gasteiger partial charge in [0.15, 0.2) is 4.90 Å². The second kappa shape index (κ2) is 6.66. The summed E-state index contributed by atoms with van der Waals surface area (Å²) in [5.74, 6) is 0.605. The Balaban J connectivity index is 2.27. The number of para-hydroxylation sites is 1. The summed E-state index contributed by atoms with van der Waals surface area (Å²) in [6, 6.07) is 11.5. The molecule has 0 aliphatic carbocycles. The van der Waals surface area contributed by atoms with Gasteiger partial charge in [0.1, 0.15) is 5.75 Å². The zero-order valence-corrected chi connectivity index (χ0v) is 13.4. The van der Waals surface area contributed by atoms with Gasteiger partial charge in [-0.2, -0.15) is 0 Å². The number of ether oxygens (including phenoxy) is 1. The lowest BCUT2D eigenvalue weighted by Crippen LogP contribution is -2.14. The van der Waals surface area contributed by atoms with E-state index in [1.54, 1.807) is 12.1 Å². The maximum atomic E-state index is 12.3. The molecule has 0 amide bonds. The van der Waals surface area contributed by atoms with Crippen LogP contribution in [0.25, 0.3) is 0 Å². The fourth-order valence-electron chi connectivity index (χ4n) is 1.92. The Morgan fingerprint density at radius 3 is 2.26 bits per heavy atom. The maximum absolute atomic E-state index is 12.3. The molecule has 0 saturated carbocycles. The molecule has 0 saturated heterocycles. The molecule has 0 spiro atoms. The molecule has 0 atom stereocenters. The summed E-state index contributed by atoms with van der Waals surface area (Å²) in [6.07, 6.45) is 0.00418. The van der Waals surface area contributed by atoms with Crippen LogP contribution in [0.2, 0.25) is 0 Å². The van der Waals surface area contributed by atoms with Crippen molar-refractivity contribution in [2.75, 3.05) is 4.72 Å². The van der Waals surface area contributed by atoms with Gasteiger partial charge in [-0.15, -0.1) is 0 Å². The summed E-state index contributed by atoms with van der Waals surface area (Å²) in [5, 5.41) is 11.0. The van der Waals surface area contributed by atoms with Crippen molar-refractivity contribution in [1.29, 1.82) is 0 Å². The molecule has 0 aromatic heterocycles. The van der Waals surface area contributed by atoms with E-state index in [2.05, 4.69) is 4.72 Å². The van der Waals surface area contributed by atoms with E-state index in [0.717, 1.165) is 6.07 Å². The highest BCUT2D eigenvalue weighted by atomic mass is 32.2. The van der Waals surface area contributed by atoms with Crippen LogP contribution in [0.1, 0.15) is 13.8 Å². The molecule has 0 fully saturated rings. The predicted molar refractivity (Wildman–Crippen MR) is 86.1 cm³/mol. The Morgan fingerprint density at radius 2 is 1.70 bits per heavy atom. The van der Waals surface area contributed by atoms with Gasteiger partial charge in [-0.1, -0.05) is 12.1 Å². The number of anilines is 1. The molecule has 23 heavy (non-hydrogen) atoms. The quantitative estimate of drug-likeness (QED) is 0.645. The van der Waals surface area contributed by atoms with Gasteiger partial charge in [0.25, 0.3) is 15.7 Å². The van der Waals surface area contributed by atoms with Gasteiger partial charge in [0.05, 0.1) is 11.0 Å². The number of hydrogen-bond donors (Lipinski definition) is 1. The average Bonchev–Trinajstić information content (AvgIpc) is 2.48. The minimum Gasteiger partial charge on any atom is -0.491 e. The van der Waals surface area contributed by atoms with Crippen LogP contribution in [0, 0.1) is 10.1 Å². The minimum atomic E-state index is -4.06. The van der Waals surface area contributed by atoms with Crippen LogP contribution >= 0.6 is 0 Å². The number of benzene rings is 2. The first-order chi connectivity index (χ1) is 10.8. The fraction of sp³-hybridized carbons (Fsp3) is 0.200. The van der Waals surface area contributed by atoms with Crippen LogP contribution in [-0.4, -0.2) is 19.4 Å². The second-order valence-electron chi connectivity index (χ2n) is 5.02. The van der Waals surface area contributed by atoms with Crippen molar-refractivity contribution >= 4 is 21.4 Å². The molecular formula is C15H16N2O5S. The Labute approximate surface area is 134 Å². The molecule has 122 valence electrons. The lowest BCUT2D eigenvalue weighted by atomic mass is 10.3. The first kappa shape index (κ1) is 16.8. The first-order valence-corrected chi connectivity index (χ1v) is 8.31. The summed E-state index contributed by atoms with van der Waals surface area (Å²) in [7, 11) is -4.06. The van der Waals surface area contributed by atoms with Gasteiger partial charge in [0.2, 0.25) is 0 Å². The third kappa shape index (κ3) is 4.19. The molecule has 0 heterocycles. The Morgan fingerprint density at radius 1 is 1.09 bits per heavy atom. The third-order valence-corrected chi connectivity index (χ3v) is 4.26. The summed E-state index contributed by atoms with van der Waals surface area (Å²) in [4.78, 5) is 9.86. The van der Waals surface area contributed by atoms with Crippen LogP contribution in [0.4, 0.5) is 11.4 Å². The normalized spacial score (nSPS) is 11.3. The zero-order valence-electron chi connectivity index (χ0n) is 12.6. The fourth-order valence-corrected chi connectivity index (χ4v) is 3.15. The maximum Gasteiger partial charge on any atom is 0.289 e. The molecule has 0 bridgehead atoms. The molecular weight excluding hydrogens is 320 g/mol. The monoisotopic (exact) mass is 336 g/mol. The largest absolute Gasteiger partial charge is 0.491 e. The first-order valence-electron chi connectivity index (χ1n) is 6.82. The van der Waals surface area contributed by atoms with E-state index in [0.29, 0.717) is 11.4 Å². The van der Waals surface area contributed by atoms with Crippen LogP contribution in [0.3, 0.4) is 0 Å². The molecule has 0 aliphatic heterocycles. The van der Waals surface area contributed by atoms with Crippen molar-refractivity contribution in [1.82, 2.24) is 0 Å². The summed E-state index contributed by atoms with van der Waals surface area (Å²) < 4.78 is 32.5. The summed E-state index contributed by atoms with van der Waals surface area (Å²) in [6.45, 7) is 3.76. The molecule has 0 unspecified atom stereocenters. The van der Waals surface area contributed by atoms with E-state index in [-0.39, 0.29) is 11.0 Å². The standard InChI is InChI=1S/C15H16N2O5S/c1-11(2)22-13-9-7-12(8-10-13)16-23(20,21)15-6-4-3-5-14(15)17(18)19/h3-11,16H,1-2H3. The molecule has 2 rings (SSSR count). The lowest BCUT2D eigenvalue weighted by Gasteiger charge is -2.11. The summed E-state index contributed by atoms with van der Waals surface area (Å²) >= 11 is 0. The van der Waals surface area contributed by atoms with Crippen LogP contribution in [0.5, 0.6) is 5.75 Å². The molecule has 0 radical (unpaired) electrons. The van der Waals surface area contributed by atoms with Crippen molar-refractivity contribution in [2.24, 2.45) is 0 Å². The SMILES string of the molecule is CC(C)Oc1ccc(NS(=O)(=O)c2ccccc2[N+](=O)[O-])cc1. The minimum absolute atomic E-state index is 0.00418. The highest BCUT2D eigenvalue weighted by molar-refractivity contribution is 7.92. The van der Waals surface area contributed by atoms with Gasteiger partial charge in [-0.3, -0.25) is 14.8 Å². The van der Waals surface area contributed by atoms with Crippen LogP contribution < -0.4 is 9.46 Å². The highest BCUT2D eigenvalue weighted by Crippen LogP contribution is 2.26. The number of nitrogens with one attached hydrogen (secondary N) is 1. The predicted octanol–water partition coefficient (Wildman–Crippen LogP) is 3.18. The summed E-state index contributed by atoms with van der Waals surface area (Å²) in [5.41, 5.74) is -0.181. The van der Waals surface area contributed by atoms with E-state index in [4.69, 9.17) is 4.74 Å². The second-order valence-corrected chi connectivity index (χ2v) is 6.67. The van der Waals surface area contributed by atoms with Crippen molar-refractivity contribution in [3.8, 4) is 5.75 Å². The van der Waals surface area contributed by atoms with Gasteiger partial charge >= 0.3 is 0 Å². The van der Waals surface area contributed by atoms with Gasteiger partial charge in [0, 0.05) is 11.8 Å². The van der Waals surface area contributed by atoms with E-state index in [1.165, 1.54) is 30.3 Å². The van der Waals surface area contributed by atoms with E-state index >= 15 is 0 Å². The number of nitro benzene ring substituents is 1. The third-order valence-electron chi connectivity index (χ3n) is 2.83. The van der Waals surface area contributed by atoms with Crippen molar-refractivity contribution in [3.05, 3.63) is 58.6 Å². The number of nitro groups is 1. The molecule has 7 nitrogen and oxygen atoms in total. The van der Waals surface area contributed by atoms with Gasteiger partial charge < -0.3 is 4.74 Å². The molecule has 2 aromatic rings. The number of hydrogen-bond acceptors (Lipinski definition) is 5. The highest BCUT2D eigenvalue weighted by Gasteiger charge is 2.25. The van der Waals surface area contributed by atoms with Gasteiger partial charge in [-0.05, 0) is 44.2 Å². The Hall–Kier alpha value is -2.61. The lowest BCUT2D eigenvalue weighted by molar-refractivity contribution is -0.387. The van der Waals surface area contributed by atoms with Crippen LogP contribution in [0.15, 0.2) is 53.4 Å². The van der Waals surface area contributed by atoms with Gasteiger partial charge in [-0.25, -0.2) is 8.42 Å². The molecule has 1 N–H and O–H groups in total. The Kier molecular flexibility index (Phi) is 4.85. The molecule has 2 aromatic carbocycles. The Bertz CT molecular complexity index is 801. The van der Waals surface area contributed by atoms with E-state index in [1.807, 2.05) is 13.8 Å². The number of sulfonamides is 1. The molecule has 8 heteroatoms. The van der Waals surface area contributed by atoms with Crippen molar-refractivity contribution < 1.29 is 18.1 Å². The van der Waals surface area contributed by atoms with Crippen molar-refractivity contribution in [2.45, 2.75) is 24.8 Å². The van der Waals surface area contributed by atoms with Crippen LogP contribution in [-0.2, 0) is 10.0 Å². The molecule has 0 aliphatic rings. The zero-order chi connectivity index (χ0) is 17.0. The average molecular weight is 336 g/mol. The smallest absolute Gasteiger partial charge is 0.289 e. The topological polar surface area (TPSA) is 98.5 Å². The van der Waals surface area contributed by atoms with E-state index < -0.39 is 20.6 Å². The van der Waals surface area contributed by atoms with Crippen molar-refractivity contribution in [3.63, 3.8) is 0 Å².